The van der Waals surface area contributed by atoms with Gasteiger partial charge in [0, 0.05) is 20.9 Å². The smallest absolute Gasteiger partial charge is 0.346 e. The fraction of sp³-hybridized carbons (Fsp3) is 0.222. The molecule has 0 unspecified atom stereocenters. The summed E-state index contributed by atoms with van der Waals surface area (Å²) in [7, 11) is 9.34. The minimum absolute atomic E-state index is 0.0146. The molecule has 1 aromatic rings. The first-order valence-corrected chi connectivity index (χ1v) is 23.6. The first-order chi connectivity index (χ1) is 29.2. The molecule has 4 aliphatic rings. The molecule has 0 atom stereocenters. The number of hydrogen-bond donors (Lipinski definition) is 0. The van der Waals surface area contributed by atoms with E-state index in [-0.39, 0.29) is 39.2 Å². The lowest BCUT2D eigenvalue weighted by atomic mass is 10.2. The second-order valence-corrected chi connectivity index (χ2v) is 21.3. The van der Waals surface area contributed by atoms with E-state index in [1.54, 1.807) is 24.3 Å². The van der Waals surface area contributed by atoms with Gasteiger partial charge in [0.25, 0.3) is 0 Å². The van der Waals surface area contributed by atoms with Gasteiger partial charge in [-0.25, -0.2) is 38.4 Å². The zero-order valence-corrected chi connectivity index (χ0v) is 39.9. The molecule has 0 aromatic carbocycles. The van der Waals surface area contributed by atoms with Crippen LogP contribution >= 0.6 is 105 Å². The van der Waals surface area contributed by atoms with Crippen molar-refractivity contribution in [1.82, 2.24) is 0 Å². The number of methoxy groups -OCH3 is 8. The molecule has 0 fully saturated rings. The highest BCUT2D eigenvalue weighted by molar-refractivity contribution is 8.31. The van der Waals surface area contributed by atoms with Crippen LogP contribution in [0.5, 0.6) is 0 Å². The van der Waals surface area contributed by atoms with Gasteiger partial charge in [-0.2, -0.15) is 0 Å². The number of esters is 8. The summed E-state index contributed by atoms with van der Waals surface area (Å²) in [6.07, 6.45) is 3.34. The van der Waals surface area contributed by atoms with Crippen molar-refractivity contribution in [3.05, 3.63) is 90.2 Å². The average molecular weight is 1010 g/mol. The Balaban J connectivity index is 1.71. The van der Waals surface area contributed by atoms with E-state index in [4.69, 9.17) is 37.9 Å². The SMILES string of the molecule is COC(=O)C1=C(C(=O)OC)SC(=CC(=C2SC(C(=O)OC)=C(C(=O)OC)S2)c2ccc(C(C=C3SC(C(=O)OC)=C(C(=O)OC)S3)=C3SC(C(=O)OC)=C(C(=O)OC)S3)s2)S1. The van der Waals surface area contributed by atoms with Gasteiger partial charge in [0.1, 0.15) is 39.2 Å². The number of thiophene rings is 1. The first-order valence-electron chi connectivity index (χ1n) is 16.3. The Hall–Kier alpha value is -3.82. The van der Waals surface area contributed by atoms with Crippen LogP contribution in [0, 0.1) is 0 Å². The van der Waals surface area contributed by atoms with Gasteiger partial charge in [-0.05, 0) is 24.3 Å². The monoisotopic (exact) mass is 1000 g/mol. The van der Waals surface area contributed by atoms with Gasteiger partial charge in [-0.3, -0.25) is 0 Å². The molecular formula is C36H28O16S9. The maximum Gasteiger partial charge on any atom is 0.346 e. The van der Waals surface area contributed by atoms with Gasteiger partial charge in [-0.15, -0.1) is 11.3 Å². The van der Waals surface area contributed by atoms with Crippen molar-refractivity contribution >= 4 is 164 Å². The highest BCUT2D eigenvalue weighted by Gasteiger charge is 2.39. The van der Waals surface area contributed by atoms with E-state index in [0.717, 1.165) is 94.1 Å². The zero-order valence-electron chi connectivity index (χ0n) is 32.5. The Morgan fingerprint density at radius 2 is 0.541 bits per heavy atom. The van der Waals surface area contributed by atoms with E-state index in [2.05, 4.69) is 0 Å². The zero-order chi connectivity index (χ0) is 44.7. The van der Waals surface area contributed by atoms with Crippen LogP contribution < -0.4 is 0 Å². The normalized spacial score (nSPS) is 16.1. The maximum atomic E-state index is 12.9. The van der Waals surface area contributed by atoms with Gasteiger partial charge in [0.15, 0.2) is 0 Å². The molecule has 0 saturated carbocycles. The third-order valence-electron chi connectivity index (χ3n) is 7.48. The Bertz CT molecular complexity index is 2130. The molecule has 4 aliphatic heterocycles. The lowest BCUT2D eigenvalue weighted by Gasteiger charge is -2.08. The number of hydrogen-bond acceptors (Lipinski definition) is 25. The number of thioether (sulfide) groups is 8. The molecular weight excluding hydrogens is 977 g/mol. The van der Waals surface area contributed by atoms with Crippen LogP contribution in [-0.2, 0) is 76.3 Å². The molecule has 25 heteroatoms. The van der Waals surface area contributed by atoms with Crippen molar-refractivity contribution in [1.29, 1.82) is 0 Å². The number of rotatable bonds is 12. The van der Waals surface area contributed by atoms with Crippen molar-refractivity contribution in [3.8, 4) is 0 Å². The summed E-state index contributed by atoms with van der Waals surface area (Å²) >= 11 is 8.81. The van der Waals surface area contributed by atoms with Gasteiger partial charge in [0.05, 0.1) is 73.8 Å². The summed E-state index contributed by atoms with van der Waals surface area (Å²) in [4.78, 5) is 104. The second kappa shape index (κ2) is 21.5. The molecule has 0 bridgehead atoms. The molecule has 0 radical (unpaired) electrons. The largest absolute Gasteiger partial charge is 0.465 e. The minimum atomic E-state index is -0.791. The van der Waals surface area contributed by atoms with Crippen molar-refractivity contribution in [2.75, 3.05) is 56.9 Å². The molecule has 16 nitrogen and oxygen atoms in total. The van der Waals surface area contributed by atoms with Crippen molar-refractivity contribution in [2.45, 2.75) is 0 Å². The van der Waals surface area contributed by atoms with Crippen LogP contribution in [0.15, 0.2) is 80.5 Å². The lowest BCUT2D eigenvalue weighted by Crippen LogP contribution is -2.08. The van der Waals surface area contributed by atoms with Crippen LogP contribution in [0.2, 0.25) is 0 Å². The molecule has 5 heterocycles. The fourth-order valence-corrected chi connectivity index (χ4v) is 15.8. The van der Waals surface area contributed by atoms with Crippen LogP contribution in [0.3, 0.4) is 0 Å². The molecule has 0 aliphatic carbocycles. The van der Waals surface area contributed by atoms with Crippen molar-refractivity contribution in [3.63, 3.8) is 0 Å². The minimum Gasteiger partial charge on any atom is -0.465 e. The Kier molecular flexibility index (Phi) is 17.0. The van der Waals surface area contributed by atoms with E-state index in [0.29, 0.717) is 37.8 Å². The summed E-state index contributed by atoms with van der Waals surface area (Å²) in [5.74, 6) is -6.25. The highest BCUT2D eigenvalue weighted by atomic mass is 32.2. The average Bonchev–Trinajstić information content (AvgIpc) is 4.14. The van der Waals surface area contributed by atoms with Crippen LogP contribution in [0.4, 0.5) is 0 Å². The van der Waals surface area contributed by atoms with Crippen molar-refractivity contribution in [2.24, 2.45) is 0 Å². The molecule has 0 saturated heterocycles. The summed E-state index contributed by atoms with van der Waals surface area (Å²) in [5.41, 5.74) is 0.882. The number of allylic oxidation sites excluding steroid dienone is 4. The number of ether oxygens (including phenoxy) is 8. The lowest BCUT2D eigenvalue weighted by molar-refractivity contribution is -0.138. The molecule has 322 valence electrons. The predicted octanol–water partition coefficient (Wildman–Crippen LogP) is 6.92. The van der Waals surface area contributed by atoms with Gasteiger partial charge >= 0.3 is 47.8 Å². The summed E-state index contributed by atoms with van der Waals surface area (Å²) < 4.78 is 41.3. The predicted molar refractivity (Wildman–Crippen MR) is 239 cm³/mol. The Morgan fingerprint density at radius 1 is 0.344 bits per heavy atom. The number of carbonyl (C=O) groups excluding carboxylic acids is 8. The van der Waals surface area contributed by atoms with Crippen molar-refractivity contribution < 1.29 is 76.3 Å². The molecule has 5 rings (SSSR count). The third-order valence-corrected chi connectivity index (χ3v) is 18.6. The Morgan fingerprint density at radius 3 is 0.738 bits per heavy atom. The fourth-order valence-electron chi connectivity index (χ4n) is 4.71. The molecule has 61 heavy (non-hydrogen) atoms. The van der Waals surface area contributed by atoms with Gasteiger partial charge < -0.3 is 37.9 Å². The maximum absolute atomic E-state index is 12.9. The van der Waals surface area contributed by atoms with Crippen LogP contribution in [0.25, 0.3) is 11.1 Å². The topological polar surface area (TPSA) is 210 Å². The number of carbonyl (C=O) groups is 8. The summed E-state index contributed by atoms with van der Waals surface area (Å²) in [5, 5.41) is 0. The van der Waals surface area contributed by atoms with Gasteiger partial charge in [0.2, 0.25) is 0 Å². The van der Waals surface area contributed by atoms with Crippen LogP contribution in [0.1, 0.15) is 9.75 Å². The standard InChI is InChI=1S/C36H28O16S9/c1-45-27(37)19-20(28(38)46-2)55-17(54-19)11-13(35-58-23(31(41)49-5)24(59-35)32(42)50-6)15-9-10-16(53-15)14(36-60-25(33(43)51-7)26(61-36)34(44)52-8)12-18-56-21(29(39)47-3)22(57-18)30(40)48-4/h9-12H,1-8H3. The molecule has 1 aromatic heterocycles. The van der Waals surface area contributed by atoms with E-state index >= 15 is 0 Å². The van der Waals surface area contributed by atoms with E-state index < -0.39 is 47.8 Å². The van der Waals surface area contributed by atoms with Crippen LogP contribution in [-0.4, -0.2) is 105 Å². The van der Waals surface area contributed by atoms with Gasteiger partial charge in [-0.1, -0.05) is 94.1 Å². The Labute approximate surface area is 384 Å². The summed E-state index contributed by atoms with van der Waals surface area (Å²) in [6, 6.07) is 3.47. The summed E-state index contributed by atoms with van der Waals surface area (Å²) in [6.45, 7) is 0. The molecule has 0 spiro atoms. The third kappa shape index (κ3) is 10.5. The molecule has 0 N–H and O–H groups in total. The van der Waals surface area contributed by atoms with E-state index in [1.807, 2.05) is 0 Å². The first kappa shape index (κ1) is 48.2. The molecule has 0 amide bonds. The second-order valence-electron chi connectivity index (χ2n) is 10.9. The highest BCUT2D eigenvalue weighted by Crippen LogP contribution is 2.59. The van der Waals surface area contributed by atoms with E-state index in [1.165, 1.54) is 68.2 Å². The quantitative estimate of drug-likeness (QED) is 0.154. The van der Waals surface area contributed by atoms with E-state index in [9.17, 15) is 38.4 Å².